The number of aliphatic imine (C=N–C) groups is 1. The molecule has 0 saturated carbocycles. The Hall–Kier alpha value is -0.820. The van der Waals surface area contributed by atoms with Crippen molar-refractivity contribution in [3.05, 3.63) is 35.4 Å². The molecule has 1 saturated heterocycles. The maximum absolute atomic E-state index is 9.00. The van der Waals surface area contributed by atoms with Crippen LogP contribution in [0.15, 0.2) is 29.3 Å². The van der Waals surface area contributed by atoms with Crippen molar-refractivity contribution < 1.29 is 5.11 Å². The Balaban J connectivity index is 0.00000220. The minimum atomic E-state index is 0. The molecule has 1 aliphatic rings. The molecule has 1 aliphatic heterocycles. The molecule has 1 atom stereocenters. The molecule has 21 heavy (non-hydrogen) atoms. The number of aliphatic hydroxyl groups is 1. The second-order valence-corrected chi connectivity index (χ2v) is 5.66. The van der Waals surface area contributed by atoms with E-state index in [4.69, 9.17) is 10.8 Å². The average Bonchev–Trinajstić information content (AvgIpc) is 2.48. The summed E-state index contributed by atoms with van der Waals surface area (Å²) in [6, 6.07) is 7.99. The van der Waals surface area contributed by atoms with Gasteiger partial charge in [-0.2, -0.15) is 0 Å². The lowest BCUT2D eigenvalue weighted by Gasteiger charge is -2.31. The van der Waals surface area contributed by atoms with Crippen molar-refractivity contribution in [3.8, 4) is 0 Å². The van der Waals surface area contributed by atoms with E-state index in [0.29, 0.717) is 11.9 Å². The molecule has 1 unspecified atom stereocenters. The number of hydrogen-bond donors (Lipinski definition) is 2. The summed E-state index contributed by atoms with van der Waals surface area (Å²) in [6.45, 7) is 5.14. The van der Waals surface area contributed by atoms with Crippen LogP contribution in [0.3, 0.4) is 0 Å². The Bertz CT molecular complexity index is 447. The fourth-order valence-corrected chi connectivity index (χ4v) is 2.61. The van der Waals surface area contributed by atoms with E-state index in [1.165, 1.54) is 18.4 Å². The van der Waals surface area contributed by atoms with E-state index in [1.807, 2.05) is 24.3 Å². The molecule has 1 aromatic rings. The Morgan fingerprint density at radius 1 is 1.33 bits per heavy atom. The van der Waals surface area contributed by atoms with Crippen LogP contribution in [-0.4, -0.2) is 35.6 Å². The number of piperidine rings is 1. The number of guanidine groups is 1. The Kier molecular flexibility index (Phi) is 8.03. The van der Waals surface area contributed by atoms with Crippen molar-refractivity contribution >= 4 is 29.9 Å². The maximum atomic E-state index is 9.00. The molecular weight excluding hydrogens is 377 g/mol. The summed E-state index contributed by atoms with van der Waals surface area (Å²) in [5, 5.41) is 9.00. The van der Waals surface area contributed by atoms with Crippen molar-refractivity contribution in [2.24, 2.45) is 16.6 Å². The molecule has 118 valence electrons. The van der Waals surface area contributed by atoms with Gasteiger partial charge in [-0.15, -0.1) is 24.0 Å². The van der Waals surface area contributed by atoms with Crippen molar-refractivity contribution in [1.82, 2.24) is 4.90 Å². The third kappa shape index (κ3) is 5.82. The zero-order chi connectivity index (χ0) is 14.4. The number of aliphatic hydroxyl groups excluding tert-OH is 1. The molecule has 3 N–H and O–H groups in total. The van der Waals surface area contributed by atoms with Gasteiger partial charge in [0.05, 0.1) is 6.61 Å². The first-order chi connectivity index (χ1) is 9.69. The summed E-state index contributed by atoms with van der Waals surface area (Å²) >= 11 is 0. The molecular formula is C16H26IN3O. The lowest BCUT2D eigenvalue weighted by Crippen LogP contribution is -2.43. The van der Waals surface area contributed by atoms with Crippen LogP contribution in [-0.2, 0) is 13.0 Å². The molecule has 0 aromatic heterocycles. The number of halogens is 1. The summed E-state index contributed by atoms with van der Waals surface area (Å²) in [5.41, 5.74) is 8.23. The number of benzene rings is 1. The third-order valence-electron chi connectivity index (χ3n) is 3.86. The molecule has 2 rings (SSSR count). The van der Waals surface area contributed by atoms with E-state index >= 15 is 0 Å². The third-order valence-corrected chi connectivity index (χ3v) is 3.86. The average molecular weight is 403 g/mol. The zero-order valence-corrected chi connectivity index (χ0v) is 15.0. The van der Waals surface area contributed by atoms with Crippen LogP contribution < -0.4 is 5.73 Å². The Labute approximate surface area is 144 Å². The van der Waals surface area contributed by atoms with Gasteiger partial charge >= 0.3 is 0 Å². The first kappa shape index (κ1) is 18.2. The Morgan fingerprint density at radius 2 is 2.00 bits per heavy atom. The lowest BCUT2D eigenvalue weighted by molar-refractivity contribution is 0.270. The van der Waals surface area contributed by atoms with E-state index < -0.39 is 0 Å². The fourth-order valence-electron chi connectivity index (χ4n) is 2.61. The topological polar surface area (TPSA) is 61.8 Å². The quantitative estimate of drug-likeness (QED) is 0.461. The monoisotopic (exact) mass is 403 g/mol. The lowest BCUT2D eigenvalue weighted by atomic mass is 10.0. The highest BCUT2D eigenvalue weighted by Crippen LogP contribution is 2.14. The van der Waals surface area contributed by atoms with Crippen LogP contribution in [0.4, 0.5) is 0 Å². The first-order valence-electron chi connectivity index (χ1n) is 7.42. The molecule has 0 amide bonds. The van der Waals surface area contributed by atoms with Gasteiger partial charge < -0.3 is 15.7 Å². The van der Waals surface area contributed by atoms with Crippen LogP contribution >= 0.6 is 24.0 Å². The Morgan fingerprint density at radius 3 is 2.62 bits per heavy atom. The van der Waals surface area contributed by atoms with E-state index in [2.05, 4.69) is 16.8 Å². The second-order valence-electron chi connectivity index (χ2n) is 5.66. The first-order valence-corrected chi connectivity index (χ1v) is 7.42. The fraction of sp³-hybridized carbons (Fsp3) is 0.562. The van der Waals surface area contributed by atoms with Gasteiger partial charge in [-0.25, -0.2) is 0 Å². The highest BCUT2D eigenvalue weighted by Gasteiger charge is 2.17. The van der Waals surface area contributed by atoms with Crippen molar-refractivity contribution in [2.45, 2.75) is 32.8 Å². The van der Waals surface area contributed by atoms with Crippen LogP contribution in [0.5, 0.6) is 0 Å². The number of nitrogens with two attached hydrogens (primary N) is 1. The van der Waals surface area contributed by atoms with Crippen LogP contribution in [0.1, 0.15) is 30.9 Å². The molecule has 1 heterocycles. The smallest absolute Gasteiger partial charge is 0.191 e. The van der Waals surface area contributed by atoms with E-state index in [9.17, 15) is 0 Å². The highest BCUT2D eigenvalue weighted by atomic mass is 127. The molecule has 0 bridgehead atoms. The number of likely N-dealkylation sites (tertiary alicyclic amines) is 1. The van der Waals surface area contributed by atoms with Gasteiger partial charge in [0.2, 0.25) is 0 Å². The molecule has 0 radical (unpaired) electrons. The van der Waals surface area contributed by atoms with Gasteiger partial charge in [0, 0.05) is 19.6 Å². The molecule has 1 fully saturated rings. The molecule has 0 spiro atoms. The van der Waals surface area contributed by atoms with Gasteiger partial charge in [-0.1, -0.05) is 31.2 Å². The summed E-state index contributed by atoms with van der Waals surface area (Å²) in [4.78, 5) is 6.69. The van der Waals surface area contributed by atoms with Gasteiger partial charge in [-0.3, -0.25) is 4.99 Å². The normalized spacial score (nSPS) is 19.2. The van der Waals surface area contributed by atoms with E-state index in [1.54, 1.807) is 0 Å². The SMILES string of the molecule is CC1CCCN(C(N)=NCCc2ccc(CO)cc2)C1.I. The zero-order valence-electron chi connectivity index (χ0n) is 12.7. The van der Waals surface area contributed by atoms with Crippen molar-refractivity contribution in [2.75, 3.05) is 19.6 Å². The summed E-state index contributed by atoms with van der Waals surface area (Å²) < 4.78 is 0. The number of nitrogens with zero attached hydrogens (tertiary/aromatic N) is 2. The summed E-state index contributed by atoms with van der Waals surface area (Å²) in [7, 11) is 0. The number of hydrogen-bond acceptors (Lipinski definition) is 2. The molecule has 1 aromatic carbocycles. The molecule has 4 nitrogen and oxygen atoms in total. The van der Waals surface area contributed by atoms with Crippen molar-refractivity contribution in [1.29, 1.82) is 0 Å². The van der Waals surface area contributed by atoms with Crippen molar-refractivity contribution in [3.63, 3.8) is 0 Å². The minimum absolute atomic E-state index is 0. The standard InChI is InChI=1S/C16H25N3O.HI/c1-13-3-2-10-19(11-13)16(17)18-9-8-14-4-6-15(12-20)7-5-14;/h4-7,13,20H,2-3,8-12H2,1H3,(H2,17,18);1H. The maximum Gasteiger partial charge on any atom is 0.191 e. The highest BCUT2D eigenvalue weighted by molar-refractivity contribution is 14.0. The number of rotatable bonds is 4. The van der Waals surface area contributed by atoms with Gasteiger partial charge in [0.1, 0.15) is 0 Å². The summed E-state index contributed by atoms with van der Waals surface area (Å²) in [6.07, 6.45) is 3.39. The van der Waals surface area contributed by atoms with Gasteiger partial charge in [0.25, 0.3) is 0 Å². The van der Waals surface area contributed by atoms with Gasteiger partial charge in [-0.05, 0) is 36.3 Å². The predicted molar refractivity (Wildman–Crippen MR) is 97.9 cm³/mol. The molecule has 0 aliphatic carbocycles. The van der Waals surface area contributed by atoms with Crippen LogP contribution in [0.2, 0.25) is 0 Å². The van der Waals surface area contributed by atoms with E-state index in [-0.39, 0.29) is 30.6 Å². The van der Waals surface area contributed by atoms with Crippen LogP contribution in [0, 0.1) is 5.92 Å². The van der Waals surface area contributed by atoms with Gasteiger partial charge in [0.15, 0.2) is 5.96 Å². The second kappa shape index (κ2) is 9.25. The molecule has 5 heteroatoms. The largest absolute Gasteiger partial charge is 0.392 e. The van der Waals surface area contributed by atoms with Crippen LogP contribution in [0.25, 0.3) is 0 Å². The summed E-state index contributed by atoms with van der Waals surface area (Å²) in [5.74, 6) is 1.40. The minimum Gasteiger partial charge on any atom is -0.392 e. The predicted octanol–water partition coefficient (Wildman–Crippen LogP) is 2.39. The van der Waals surface area contributed by atoms with E-state index in [0.717, 1.165) is 31.6 Å².